The van der Waals surface area contributed by atoms with E-state index in [1.54, 1.807) is 30.8 Å². The molecule has 0 unspecified atom stereocenters. The predicted molar refractivity (Wildman–Crippen MR) is 67.2 cm³/mol. The number of aromatic nitrogens is 3. The van der Waals surface area contributed by atoms with Crippen LogP contribution in [0.15, 0.2) is 18.2 Å². The molecule has 94 valence electrons. The summed E-state index contributed by atoms with van der Waals surface area (Å²) in [5.41, 5.74) is 1.99. The van der Waals surface area contributed by atoms with Gasteiger partial charge in [-0.05, 0) is 26.0 Å². The van der Waals surface area contributed by atoms with Crippen LogP contribution in [0.1, 0.15) is 21.9 Å². The van der Waals surface area contributed by atoms with E-state index >= 15 is 0 Å². The summed E-state index contributed by atoms with van der Waals surface area (Å²) in [6, 6.07) is 5.30. The minimum atomic E-state index is -1.06. The number of aryl methyl sites for hydroxylation is 3. The van der Waals surface area contributed by atoms with Crippen LogP contribution in [0.4, 0.5) is 11.5 Å². The molecule has 18 heavy (non-hydrogen) atoms. The molecule has 0 amide bonds. The first-order chi connectivity index (χ1) is 8.47. The molecule has 0 bridgehead atoms. The quantitative estimate of drug-likeness (QED) is 0.864. The zero-order valence-corrected chi connectivity index (χ0v) is 10.4. The lowest BCUT2D eigenvalue weighted by molar-refractivity contribution is 0.0691. The molecule has 0 saturated carbocycles. The summed E-state index contributed by atoms with van der Waals surface area (Å²) in [6.07, 6.45) is 0. The first-order valence-electron chi connectivity index (χ1n) is 5.46. The van der Waals surface area contributed by atoms with Crippen molar-refractivity contribution in [3.63, 3.8) is 0 Å². The highest BCUT2D eigenvalue weighted by Gasteiger charge is 2.13. The van der Waals surface area contributed by atoms with E-state index in [0.717, 1.165) is 11.5 Å². The number of rotatable bonds is 3. The second-order valence-electron chi connectivity index (χ2n) is 4.07. The predicted octanol–water partition coefficient (Wildman–Crippen LogP) is 1.87. The van der Waals surface area contributed by atoms with Crippen LogP contribution in [0.3, 0.4) is 0 Å². The molecule has 6 nitrogen and oxygen atoms in total. The van der Waals surface area contributed by atoms with Crippen LogP contribution in [-0.2, 0) is 7.05 Å². The summed E-state index contributed by atoms with van der Waals surface area (Å²) < 4.78 is 1.65. The van der Waals surface area contributed by atoms with Gasteiger partial charge in [-0.3, -0.25) is 4.68 Å². The maximum absolute atomic E-state index is 11.1. The van der Waals surface area contributed by atoms with Crippen molar-refractivity contribution in [3.8, 4) is 0 Å². The molecule has 6 heteroatoms. The monoisotopic (exact) mass is 246 g/mol. The number of aromatic carboxylic acids is 1. The largest absolute Gasteiger partial charge is 0.476 e. The Balaban J connectivity index is 2.40. The average Bonchev–Trinajstić information content (AvgIpc) is 2.60. The van der Waals surface area contributed by atoms with Crippen LogP contribution in [0.2, 0.25) is 0 Å². The van der Waals surface area contributed by atoms with E-state index in [2.05, 4.69) is 15.4 Å². The van der Waals surface area contributed by atoms with E-state index < -0.39 is 5.97 Å². The normalized spacial score (nSPS) is 10.4. The van der Waals surface area contributed by atoms with Crippen molar-refractivity contribution in [2.45, 2.75) is 13.8 Å². The van der Waals surface area contributed by atoms with Crippen molar-refractivity contribution in [2.75, 3.05) is 5.32 Å². The highest BCUT2D eigenvalue weighted by molar-refractivity contribution is 5.92. The van der Waals surface area contributed by atoms with Crippen molar-refractivity contribution in [1.29, 1.82) is 0 Å². The average molecular weight is 246 g/mol. The van der Waals surface area contributed by atoms with Crippen molar-refractivity contribution in [3.05, 3.63) is 35.3 Å². The summed E-state index contributed by atoms with van der Waals surface area (Å²) in [6.45, 7) is 3.63. The molecule has 2 aromatic heterocycles. The topological polar surface area (TPSA) is 80.0 Å². The van der Waals surface area contributed by atoms with Gasteiger partial charge in [0.1, 0.15) is 5.82 Å². The van der Waals surface area contributed by atoms with Gasteiger partial charge in [-0.2, -0.15) is 5.10 Å². The fourth-order valence-corrected chi connectivity index (χ4v) is 1.69. The van der Waals surface area contributed by atoms with Gasteiger partial charge in [-0.15, -0.1) is 0 Å². The molecule has 0 aliphatic heterocycles. The van der Waals surface area contributed by atoms with Crippen LogP contribution in [0.5, 0.6) is 0 Å². The molecule has 2 rings (SSSR count). The molecule has 0 atom stereocenters. The second-order valence-corrected chi connectivity index (χ2v) is 4.07. The van der Waals surface area contributed by atoms with Crippen LogP contribution < -0.4 is 5.32 Å². The molecule has 2 N–H and O–H groups in total. The number of hydrogen-bond donors (Lipinski definition) is 2. The summed E-state index contributed by atoms with van der Waals surface area (Å²) in [7, 11) is 1.79. The van der Waals surface area contributed by atoms with Gasteiger partial charge in [0.05, 0.1) is 11.4 Å². The van der Waals surface area contributed by atoms with Gasteiger partial charge < -0.3 is 10.4 Å². The molecule has 0 aliphatic carbocycles. The minimum absolute atomic E-state index is 0.00820. The molecule has 0 aliphatic rings. The molecule has 0 radical (unpaired) electrons. The Labute approximate surface area is 104 Å². The van der Waals surface area contributed by atoms with E-state index in [4.69, 9.17) is 5.11 Å². The van der Waals surface area contributed by atoms with Crippen molar-refractivity contribution in [1.82, 2.24) is 14.8 Å². The number of nitrogens with zero attached hydrogens (tertiary/aromatic N) is 3. The molecular weight excluding hydrogens is 232 g/mol. The number of pyridine rings is 1. The lowest BCUT2D eigenvalue weighted by atomic mass is 10.2. The summed E-state index contributed by atoms with van der Waals surface area (Å²) in [4.78, 5) is 15.1. The highest BCUT2D eigenvalue weighted by Crippen LogP contribution is 2.20. The summed E-state index contributed by atoms with van der Waals surface area (Å²) in [5.74, 6) is -0.333. The maximum Gasteiger partial charge on any atom is 0.356 e. The number of hydrogen-bond acceptors (Lipinski definition) is 4. The van der Waals surface area contributed by atoms with Gasteiger partial charge in [0, 0.05) is 18.8 Å². The van der Waals surface area contributed by atoms with Gasteiger partial charge in [0.15, 0.2) is 5.69 Å². The second kappa shape index (κ2) is 4.48. The Morgan fingerprint density at radius 3 is 2.61 bits per heavy atom. The molecule has 2 aromatic rings. The fourth-order valence-electron chi connectivity index (χ4n) is 1.69. The van der Waals surface area contributed by atoms with Crippen molar-refractivity contribution < 1.29 is 9.90 Å². The first kappa shape index (κ1) is 12.1. The highest BCUT2D eigenvalue weighted by atomic mass is 16.4. The van der Waals surface area contributed by atoms with Crippen molar-refractivity contribution in [2.24, 2.45) is 7.05 Å². The number of carbonyl (C=O) groups is 1. The van der Waals surface area contributed by atoms with Crippen LogP contribution in [0, 0.1) is 13.8 Å². The minimum Gasteiger partial charge on any atom is -0.476 e. The SMILES string of the molecule is Cc1ccc(Nc2cc(C)nn2C)c(C(=O)O)n1. The van der Waals surface area contributed by atoms with Crippen LogP contribution >= 0.6 is 0 Å². The van der Waals surface area contributed by atoms with E-state index in [0.29, 0.717) is 11.4 Å². The Hall–Kier alpha value is -2.37. The number of anilines is 2. The third kappa shape index (κ3) is 2.32. The molecule has 2 heterocycles. The standard InChI is InChI=1S/C12H14N4O2/c1-7-4-5-9(11(13-7)12(17)18)14-10-6-8(2)15-16(10)3/h4-6,14H,1-3H3,(H,17,18). The number of nitrogens with one attached hydrogen (secondary N) is 1. The van der Waals surface area contributed by atoms with Gasteiger partial charge in [-0.1, -0.05) is 0 Å². The van der Waals surface area contributed by atoms with Crippen LogP contribution in [-0.4, -0.2) is 25.8 Å². The molecule has 0 aromatic carbocycles. The Kier molecular flexibility index (Phi) is 3.01. The first-order valence-corrected chi connectivity index (χ1v) is 5.46. The molecule has 0 spiro atoms. The summed E-state index contributed by atoms with van der Waals surface area (Å²) >= 11 is 0. The van der Waals surface area contributed by atoms with Gasteiger partial charge in [0.2, 0.25) is 0 Å². The fraction of sp³-hybridized carbons (Fsp3) is 0.250. The van der Waals surface area contributed by atoms with Gasteiger partial charge >= 0.3 is 5.97 Å². The van der Waals surface area contributed by atoms with Crippen molar-refractivity contribution >= 4 is 17.5 Å². The van der Waals surface area contributed by atoms with E-state index in [9.17, 15) is 4.79 Å². The van der Waals surface area contributed by atoms with Gasteiger partial charge in [0.25, 0.3) is 0 Å². The van der Waals surface area contributed by atoms with E-state index in [-0.39, 0.29) is 5.69 Å². The summed E-state index contributed by atoms with van der Waals surface area (Å²) in [5, 5.41) is 16.3. The number of carboxylic acid groups (broad SMARTS) is 1. The maximum atomic E-state index is 11.1. The third-order valence-electron chi connectivity index (χ3n) is 2.50. The van der Waals surface area contributed by atoms with Crippen LogP contribution in [0.25, 0.3) is 0 Å². The lowest BCUT2D eigenvalue weighted by Gasteiger charge is -2.09. The Morgan fingerprint density at radius 1 is 1.33 bits per heavy atom. The molecular formula is C12H14N4O2. The van der Waals surface area contributed by atoms with E-state index in [1.807, 2.05) is 13.0 Å². The van der Waals surface area contributed by atoms with E-state index in [1.165, 1.54) is 0 Å². The third-order valence-corrected chi connectivity index (χ3v) is 2.50. The molecule has 0 fully saturated rings. The molecule has 0 saturated heterocycles. The smallest absolute Gasteiger partial charge is 0.356 e. The lowest BCUT2D eigenvalue weighted by Crippen LogP contribution is -2.08. The zero-order chi connectivity index (χ0) is 13.3. The van der Waals surface area contributed by atoms with Gasteiger partial charge in [-0.25, -0.2) is 9.78 Å². The zero-order valence-electron chi connectivity index (χ0n) is 10.4. The number of carboxylic acids is 1. The Bertz CT molecular complexity index is 604. The Morgan fingerprint density at radius 2 is 2.06 bits per heavy atom.